The summed E-state index contributed by atoms with van der Waals surface area (Å²) in [6.45, 7) is 2.72. The Morgan fingerprint density at radius 3 is 2.62 bits per heavy atom. The summed E-state index contributed by atoms with van der Waals surface area (Å²) >= 11 is 0. The predicted molar refractivity (Wildman–Crippen MR) is 83.9 cm³/mol. The summed E-state index contributed by atoms with van der Waals surface area (Å²) in [5, 5.41) is 8.79. The Morgan fingerprint density at radius 2 is 2.00 bits per heavy atom. The molecule has 0 atom stereocenters. The number of ether oxygens (including phenoxy) is 1. The van der Waals surface area contributed by atoms with Crippen molar-refractivity contribution in [3.63, 3.8) is 0 Å². The molecule has 0 unspecified atom stereocenters. The minimum atomic E-state index is 0.653. The van der Waals surface area contributed by atoms with Crippen LogP contribution in [0.1, 0.15) is 25.3 Å². The lowest BCUT2D eigenvalue weighted by atomic mass is 10.1. The summed E-state index contributed by atoms with van der Waals surface area (Å²) in [6, 6.07) is 13.4. The van der Waals surface area contributed by atoms with Gasteiger partial charge in [-0.2, -0.15) is 5.26 Å². The van der Waals surface area contributed by atoms with Crippen molar-refractivity contribution in [2.45, 2.75) is 19.8 Å². The number of nitrogens with zero attached hydrogens (tertiary/aromatic N) is 2. The number of benzene rings is 1. The van der Waals surface area contributed by atoms with Crippen molar-refractivity contribution >= 4 is 0 Å². The molecular formula is C18H18N2O. The van der Waals surface area contributed by atoms with Gasteiger partial charge in [0.15, 0.2) is 0 Å². The third-order valence-corrected chi connectivity index (χ3v) is 3.07. The van der Waals surface area contributed by atoms with Crippen molar-refractivity contribution in [2.24, 2.45) is 0 Å². The van der Waals surface area contributed by atoms with Crippen LogP contribution in [0.15, 0.2) is 54.7 Å². The van der Waals surface area contributed by atoms with Crippen LogP contribution in [0.3, 0.4) is 0 Å². The van der Waals surface area contributed by atoms with Crippen molar-refractivity contribution in [3.05, 3.63) is 60.3 Å². The van der Waals surface area contributed by atoms with Gasteiger partial charge in [0.25, 0.3) is 0 Å². The molecule has 2 rings (SSSR count). The first-order valence-electron chi connectivity index (χ1n) is 7.04. The smallest absolute Gasteiger partial charge is 0.137 e. The number of hydrogen-bond acceptors (Lipinski definition) is 3. The summed E-state index contributed by atoms with van der Waals surface area (Å²) in [4.78, 5) is 4.40. The van der Waals surface area contributed by atoms with E-state index in [0.29, 0.717) is 12.2 Å². The van der Waals surface area contributed by atoms with E-state index in [4.69, 9.17) is 10.00 Å². The highest BCUT2D eigenvalue weighted by Gasteiger charge is 2.00. The molecule has 0 aliphatic heterocycles. The van der Waals surface area contributed by atoms with Crippen LogP contribution in [0.25, 0.3) is 11.3 Å². The lowest BCUT2D eigenvalue weighted by Gasteiger charge is -2.06. The summed E-state index contributed by atoms with van der Waals surface area (Å²) in [5.41, 5.74) is 2.52. The molecule has 3 nitrogen and oxygen atoms in total. The molecule has 0 aliphatic rings. The van der Waals surface area contributed by atoms with Gasteiger partial charge in [-0.25, -0.2) is 0 Å². The number of unbranched alkanes of at least 4 members (excludes halogenated alkanes) is 1. The lowest BCUT2D eigenvalue weighted by molar-refractivity contribution is 0.311. The summed E-state index contributed by atoms with van der Waals surface area (Å²) in [6.07, 6.45) is 7.96. The minimum Gasteiger partial charge on any atom is -0.492 e. The SMILES string of the molecule is CC=CCCCOc1ccc(-c2ccc(C#N)cc2)nc1. The van der Waals surface area contributed by atoms with Gasteiger partial charge in [0.05, 0.1) is 30.1 Å². The van der Waals surface area contributed by atoms with Gasteiger partial charge in [0.1, 0.15) is 5.75 Å². The number of nitriles is 1. The molecule has 0 saturated heterocycles. The van der Waals surface area contributed by atoms with Gasteiger partial charge in [-0.3, -0.25) is 4.98 Å². The van der Waals surface area contributed by atoms with E-state index in [2.05, 4.69) is 17.1 Å². The third kappa shape index (κ3) is 4.47. The van der Waals surface area contributed by atoms with Crippen LogP contribution in [-0.4, -0.2) is 11.6 Å². The van der Waals surface area contributed by atoms with Crippen LogP contribution in [0.2, 0.25) is 0 Å². The van der Waals surface area contributed by atoms with Gasteiger partial charge >= 0.3 is 0 Å². The maximum Gasteiger partial charge on any atom is 0.137 e. The molecule has 21 heavy (non-hydrogen) atoms. The van der Waals surface area contributed by atoms with Crippen LogP contribution in [-0.2, 0) is 0 Å². The summed E-state index contributed by atoms with van der Waals surface area (Å²) in [7, 11) is 0. The number of allylic oxidation sites excluding steroid dienone is 2. The average molecular weight is 278 g/mol. The predicted octanol–water partition coefficient (Wildman–Crippen LogP) is 4.36. The van der Waals surface area contributed by atoms with E-state index in [1.165, 1.54) is 0 Å². The fourth-order valence-corrected chi connectivity index (χ4v) is 1.91. The fraction of sp³-hybridized carbons (Fsp3) is 0.222. The number of aromatic nitrogens is 1. The molecule has 1 heterocycles. The maximum absolute atomic E-state index is 8.79. The Kier molecular flexibility index (Phi) is 5.54. The minimum absolute atomic E-state index is 0.653. The summed E-state index contributed by atoms with van der Waals surface area (Å²) < 4.78 is 5.64. The van der Waals surface area contributed by atoms with Crippen molar-refractivity contribution in [2.75, 3.05) is 6.61 Å². The molecule has 0 aliphatic carbocycles. The quantitative estimate of drug-likeness (QED) is 0.582. The van der Waals surface area contributed by atoms with Crippen molar-refractivity contribution in [3.8, 4) is 23.1 Å². The molecule has 0 radical (unpaired) electrons. The van der Waals surface area contributed by atoms with Gasteiger partial charge in [-0.05, 0) is 44.0 Å². The summed E-state index contributed by atoms with van der Waals surface area (Å²) in [5.74, 6) is 0.785. The Labute approximate surface area is 125 Å². The molecule has 1 aromatic heterocycles. The third-order valence-electron chi connectivity index (χ3n) is 3.07. The van der Waals surface area contributed by atoms with Gasteiger partial charge in [0, 0.05) is 5.56 Å². The lowest BCUT2D eigenvalue weighted by Crippen LogP contribution is -1.97. The zero-order chi connectivity index (χ0) is 14.9. The molecule has 3 heteroatoms. The van der Waals surface area contributed by atoms with Gasteiger partial charge in [-0.15, -0.1) is 0 Å². The van der Waals surface area contributed by atoms with Crippen LogP contribution >= 0.6 is 0 Å². The van der Waals surface area contributed by atoms with Gasteiger partial charge in [-0.1, -0.05) is 24.3 Å². The standard InChI is InChI=1S/C18H18N2O/c1-2-3-4-5-12-21-17-10-11-18(20-14-17)16-8-6-15(13-19)7-9-16/h2-3,6-11,14H,4-5,12H2,1H3. The van der Waals surface area contributed by atoms with E-state index in [1.54, 1.807) is 18.3 Å². The first kappa shape index (κ1) is 14.8. The van der Waals surface area contributed by atoms with Crippen LogP contribution in [0.4, 0.5) is 0 Å². The van der Waals surface area contributed by atoms with Crippen LogP contribution in [0.5, 0.6) is 5.75 Å². The number of rotatable bonds is 6. The Bertz CT molecular complexity index is 622. The van der Waals surface area contributed by atoms with Crippen molar-refractivity contribution in [1.29, 1.82) is 5.26 Å². The Hall–Kier alpha value is -2.60. The first-order valence-corrected chi connectivity index (χ1v) is 7.04. The van der Waals surface area contributed by atoms with E-state index in [9.17, 15) is 0 Å². The van der Waals surface area contributed by atoms with E-state index in [0.717, 1.165) is 29.8 Å². The highest BCUT2D eigenvalue weighted by atomic mass is 16.5. The molecule has 0 amide bonds. The average Bonchev–Trinajstić information content (AvgIpc) is 2.55. The zero-order valence-corrected chi connectivity index (χ0v) is 12.1. The van der Waals surface area contributed by atoms with Crippen molar-refractivity contribution in [1.82, 2.24) is 4.98 Å². The largest absolute Gasteiger partial charge is 0.492 e. The zero-order valence-electron chi connectivity index (χ0n) is 12.1. The van der Waals surface area contributed by atoms with E-state index < -0.39 is 0 Å². The van der Waals surface area contributed by atoms with E-state index in [1.807, 2.05) is 37.3 Å². The Balaban J connectivity index is 1.93. The number of hydrogen-bond donors (Lipinski definition) is 0. The van der Waals surface area contributed by atoms with Crippen LogP contribution < -0.4 is 4.74 Å². The van der Waals surface area contributed by atoms with Crippen molar-refractivity contribution < 1.29 is 4.74 Å². The van der Waals surface area contributed by atoms with E-state index >= 15 is 0 Å². The van der Waals surface area contributed by atoms with E-state index in [-0.39, 0.29) is 0 Å². The molecular weight excluding hydrogens is 260 g/mol. The molecule has 0 N–H and O–H groups in total. The molecule has 0 saturated carbocycles. The molecule has 0 fully saturated rings. The van der Waals surface area contributed by atoms with Gasteiger partial charge < -0.3 is 4.74 Å². The molecule has 0 spiro atoms. The second-order valence-corrected chi connectivity index (χ2v) is 4.63. The Morgan fingerprint density at radius 1 is 1.19 bits per heavy atom. The maximum atomic E-state index is 8.79. The highest BCUT2D eigenvalue weighted by molar-refractivity contribution is 5.60. The second-order valence-electron chi connectivity index (χ2n) is 4.63. The second kappa shape index (κ2) is 7.86. The first-order chi connectivity index (χ1) is 10.3. The topological polar surface area (TPSA) is 45.9 Å². The highest BCUT2D eigenvalue weighted by Crippen LogP contribution is 2.20. The fourth-order valence-electron chi connectivity index (χ4n) is 1.91. The van der Waals surface area contributed by atoms with Gasteiger partial charge in [0.2, 0.25) is 0 Å². The number of pyridine rings is 1. The monoisotopic (exact) mass is 278 g/mol. The molecule has 1 aromatic carbocycles. The molecule has 0 bridgehead atoms. The van der Waals surface area contributed by atoms with Crippen LogP contribution in [0, 0.1) is 11.3 Å². The normalized spacial score (nSPS) is 10.5. The molecule has 2 aromatic rings. The molecule has 106 valence electrons.